The molecule has 2 aromatic heterocycles. The molecule has 0 aliphatic carbocycles. The Balaban J connectivity index is 1.56. The molecule has 1 aromatic carbocycles. The lowest BCUT2D eigenvalue weighted by Crippen LogP contribution is -2.39. The maximum atomic E-state index is 12.9. The Bertz CT molecular complexity index is 965. The van der Waals surface area contributed by atoms with Crippen LogP contribution in [0.4, 0.5) is 0 Å². The molecule has 0 saturated carbocycles. The van der Waals surface area contributed by atoms with Crippen molar-refractivity contribution in [2.75, 3.05) is 13.1 Å². The van der Waals surface area contributed by atoms with Crippen LogP contribution in [0.3, 0.4) is 0 Å². The zero-order valence-electron chi connectivity index (χ0n) is 15.7. The summed E-state index contributed by atoms with van der Waals surface area (Å²) < 4.78 is 0. The molecule has 3 aromatic rings. The van der Waals surface area contributed by atoms with Crippen LogP contribution in [0.25, 0.3) is 11.3 Å². The molecule has 4 rings (SSSR count). The van der Waals surface area contributed by atoms with Crippen LogP contribution in [0, 0.1) is 13.8 Å². The first-order valence-electron chi connectivity index (χ1n) is 9.35. The Hall–Kier alpha value is -2.53. The predicted molar refractivity (Wildman–Crippen MR) is 109 cm³/mol. The number of amides is 1. The number of aryl methyl sites for hydroxylation is 2. The number of benzene rings is 1. The molecule has 1 atom stereocenters. The zero-order chi connectivity index (χ0) is 18.8. The average molecular weight is 378 g/mol. The standard InChI is InChI=1S/C22H23N3OS/c1-15-6-3-7-17(12-15)19-9-4-10-20(24-19)18-8-5-11-25(13-18)22(26)21-16(2)23-14-27-21/h3-4,6-7,9-10,12,14,18H,5,8,11,13H2,1-2H3/t18-/m0/s1. The minimum atomic E-state index is 0.106. The van der Waals surface area contributed by atoms with Crippen LogP contribution in [0.1, 0.15) is 45.4 Å². The summed E-state index contributed by atoms with van der Waals surface area (Å²) in [6, 6.07) is 14.7. The molecule has 138 valence electrons. The SMILES string of the molecule is Cc1cccc(-c2cccc([C@H]3CCCN(C(=O)c4scnc4C)C3)n2)c1. The van der Waals surface area contributed by atoms with Crippen molar-refractivity contribution in [2.24, 2.45) is 0 Å². The van der Waals surface area contributed by atoms with E-state index in [1.54, 1.807) is 5.51 Å². The van der Waals surface area contributed by atoms with E-state index >= 15 is 0 Å². The van der Waals surface area contributed by atoms with Crippen molar-refractivity contribution in [2.45, 2.75) is 32.6 Å². The second-order valence-electron chi connectivity index (χ2n) is 7.17. The van der Waals surface area contributed by atoms with Crippen LogP contribution < -0.4 is 0 Å². The van der Waals surface area contributed by atoms with E-state index in [2.05, 4.69) is 54.4 Å². The highest BCUT2D eigenvalue weighted by molar-refractivity contribution is 7.11. The highest BCUT2D eigenvalue weighted by Crippen LogP contribution is 2.29. The molecule has 0 N–H and O–H groups in total. The van der Waals surface area contributed by atoms with Crippen LogP contribution in [-0.4, -0.2) is 33.9 Å². The quantitative estimate of drug-likeness (QED) is 0.656. The van der Waals surface area contributed by atoms with Gasteiger partial charge in [-0.1, -0.05) is 29.8 Å². The molecule has 1 fully saturated rings. The van der Waals surface area contributed by atoms with Crippen molar-refractivity contribution in [3.63, 3.8) is 0 Å². The molecular weight excluding hydrogens is 354 g/mol. The van der Waals surface area contributed by atoms with Gasteiger partial charge in [0, 0.05) is 30.3 Å². The Morgan fingerprint density at radius 2 is 2.04 bits per heavy atom. The maximum absolute atomic E-state index is 12.9. The molecular formula is C22H23N3OS. The van der Waals surface area contributed by atoms with Gasteiger partial charge in [0.05, 0.1) is 16.9 Å². The summed E-state index contributed by atoms with van der Waals surface area (Å²) in [6.45, 7) is 5.53. The summed E-state index contributed by atoms with van der Waals surface area (Å²) in [6.07, 6.45) is 2.07. The number of carbonyl (C=O) groups is 1. The van der Waals surface area contributed by atoms with E-state index in [-0.39, 0.29) is 11.8 Å². The summed E-state index contributed by atoms with van der Waals surface area (Å²) in [5.74, 6) is 0.384. The minimum absolute atomic E-state index is 0.106. The molecule has 0 bridgehead atoms. The van der Waals surface area contributed by atoms with Gasteiger partial charge in [0.1, 0.15) is 4.88 Å². The summed E-state index contributed by atoms with van der Waals surface area (Å²) in [7, 11) is 0. The van der Waals surface area contributed by atoms with Crippen molar-refractivity contribution in [3.8, 4) is 11.3 Å². The molecule has 1 saturated heterocycles. The Morgan fingerprint density at radius 3 is 2.81 bits per heavy atom. The van der Waals surface area contributed by atoms with Crippen LogP contribution in [-0.2, 0) is 0 Å². The summed E-state index contributed by atoms with van der Waals surface area (Å²) in [5.41, 5.74) is 7.02. The Kier molecular flexibility index (Phi) is 5.03. The second kappa shape index (κ2) is 7.61. The van der Waals surface area contributed by atoms with Crippen molar-refractivity contribution >= 4 is 17.2 Å². The third-order valence-electron chi connectivity index (χ3n) is 5.15. The molecule has 27 heavy (non-hydrogen) atoms. The molecule has 0 spiro atoms. The zero-order valence-corrected chi connectivity index (χ0v) is 16.5. The van der Waals surface area contributed by atoms with E-state index in [1.165, 1.54) is 16.9 Å². The van der Waals surface area contributed by atoms with Gasteiger partial charge in [-0.05, 0) is 44.9 Å². The highest BCUT2D eigenvalue weighted by Gasteiger charge is 2.28. The van der Waals surface area contributed by atoms with Crippen molar-refractivity contribution in [1.29, 1.82) is 0 Å². The van der Waals surface area contributed by atoms with Crippen LogP contribution in [0.15, 0.2) is 48.0 Å². The molecule has 0 unspecified atom stereocenters. The molecule has 4 nitrogen and oxygen atoms in total. The van der Waals surface area contributed by atoms with Gasteiger partial charge < -0.3 is 4.90 Å². The fourth-order valence-corrected chi connectivity index (χ4v) is 4.47. The first-order valence-corrected chi connectivity index (χ1v) is 10.2. The van der Waals surface area contributed by atoms with Gasteiger partial charge in [-0.3, -0.25) is 9.78 Å². The lowest BCUT2D eigenvalue weighted by atomic mass is 9.93. The third kappa shape index (κ3) is 3.78. The molecule has 3 heterocycles. The smallest absolute Gasteiger partial charge is 0.265 e. The lowest BCUT2D eigenvalue weighted by molar-refractivity contribution is 0.0710. The monoisotopic (exact) mass is 377 g/mol. The van der Waals surface area contributed by atoms with Crippen molar-refractivity contribution in [1.82, 2.24) is 14.9 Å². The van der Waals surface area contributed by atoms with Gasteiger partial charge in [-0.25, -0.2) is 4.98 Å². The van der Waals surface area contributed by atoms with E-state index in [4.69, 9.17) is 4.98 Å². The topological polar surface area (TPSA) is 46.1 Å². The molecule has 5 heteroatoms. The lowest BCUT2D eigenvalue weighted by Gasteiger charge is -2.32. The largest absolute Gasteiger partial charge is 0.337 e. The van der Waals surface area contributed by atoms with Crippen LogP contribution in [0.5, 0.6) is 0 Å². The molecule has 1 aliphatic heterocycles. The summed E-state index contributed by atoms with van der Waals surface area (Å²) in [5, 5.41) is 0. The number of rotatable bonds is 3. The van der Waals surface area contributed by atoms with Gasteiger partial charge >= 0.3 is 0 Å². The minimum Gasteiger partial charge on any atom is -0.337 e. The predicted octanol–water partition coefficient (Wildman–Crippen LogP) is 4.84. The van der Waals surface area contributed by atoms with E-state index in [0.717, 1.165) is 53.5 Å². The second-order valence-corrected chi connectivity index (χ2v) is 8.03. The number of thiazole rings is 1. The number of aromatic nitrogens is 2. The van der Waals surface area contributed by atoms with E-state index in [9.17, 15) is 4.79 Å². The molecule has 0 radical (unpaired) electrons. The maximum Gasteiger partial charge on any atom is 0.265 e. The van der Waals surface area contributed by atoms with Crippen molar-refractivity contribution < 1.29 is 4.79 Å². The Labute approximate surface area is 163 Å². The molecule has 1 aliphatic rings. The fraction of sp³-hybridized carbons (Fsp3) is 0.318. The summed E-state index contributed by atoms with van der Waals surface area (Å²) >= 11 is 1.43. The number of hydrogen-bond acceptors (Lipinski definition) is 4. The van der Waals surface area contributed by atoms with E-state index in [0.29, 0.717) is 0 Å². The van der Waals surface area contributed by atoms with Gasteiger partial charge in [-0.2, -0.15) is 0 Å². The number of hydrogen-bond donors (Lipinski definition) is 0. The van der Waals surface area contributed by atoms with E-state index in [1.807, 2.05) is 11.8 Å². The number of likely N-dealkylation sites (tertiary alicyclic amines) is 1. The van der Waals surface area contributed by atoms with Gasteiger partial charge in [0.2, 0.25) is 0 Å². The van der Waals surface area contributed by atoms with E-state index < -0.39 is 0 Å². The first kappa shape index (κ1) is 17.9. The fourth-order valence-electron chi connectivity index (χ4n) is 3.70. The third-order valence-corrected chi connectivity index (χ3v) is 6.07. The normalized spacial score (nSPS) is 17.1. The van der Waals surface area contributed by atoms with Crippen LogP contribution in [0.2, 0.25) is 0 Å². The first-order chi connectivity index (χ1) is 13.1. The van der Waals surface area contributed by atoms with Crippen LogP contribution >= 0.6 is 11.3 Å². The highest BCUT2D eigenvalue weighted by atomic mass is 32.1. The molecule has 1 amide bonds. The number of nitrogens with zero attached hydrogens (tertiary/aromatic N) is 3. The number of piperidine rings is 1. The van der Waals surface area contributed by atoms with Crippen molar-refractivity contribution in [3.05, 3.63) is 69.8 Å². The average Bonchev–Trinajstić information content (AvgIpc) is 3.13. The Morgan fingerprint density at radius 1 is 1.19 bits per heavy atom. The van der Waals surface area contributed by atoms with Gasteiger partial charge in [0.15, 0.2) is 0 Å². The summed E-state index contributed by atoms with van der Waals surface area (Å²) in [4.78, 5) is 24.7. The number of pyridine rings is 1. The van der Waals surface area contributed by atoms with Gasteiger partial charge in [0.25, 0.3) is 5.91 Å². The van der Waals surface area contributed by atoms with Gasteiger partial charge in [-0.15, -0.1) is 11.3 Å². The number of carbonyl (C=O) groups excluding carboxylic acids is 1.